The third-order valence-electron chi connectivity index (χ3n) is 2.29. The molecule has 0 aromatic carbocycles. The Hall–Kier alpha value is -0.750. The van der Waals surface area contributed by atoms with E-state index in [2.05, 4.69) is 40.9 Å². The van der Waals surface area contributed by atoms with Gasteiger partial charge in [0.1, 0.15) is 0 Å². The second kappa shape index (κ2) is 8.36. The highest BCUT2D eigenvalue weighted by atomic mass is 32.2. The van der Waals surface area contributed by atoms with E-state index in [0.29, 0.717) is 24.5 Å². The van der Waals surface area contributed by atoms with Crippen LogP contribution in [0.4, 0.5) is 6.01 Å². The molecule has 1 rings (SSSR count). The highest BCUT2D eigenvalue weighted by molar-refractivity contribution is 7.98. The maximum absolute atomic E-state index is 5.48. The van der Waals surface area contributed by atoms with E-state index in [1.165, 1.54) is 0 Å². The molecule has 0 saturated carbocycles. The fraction of sp³-hybridized carbons (Fsp3) is 0.818. The van der Waals surface area contributed by atoms with Gasteiger partial charge in [0.15, 0.2) is 0 Å². The molecule has 1 aromatic rings. The van der Waals surface area contributed by atoms with Crippen molar-refractivity contribution < 1.29 is 4.42 Å². The van der Waals surface area contributed by atoms with Gasteiger partial charge in [0, 0.05) is 6.04 Å². The predicted molar refractivity (Wildman–Crippen MR) is 72.4 cm³/mol. The zero-order valence-corrected chi connectivity index (χ0v) is 11.6. The van der Waals surface area contributed by atoms with E-state index in [0.717, 1.165) is 25.1 Å². The van der Waals surface area contributed by atoms with E-state index < -0.39 is 0 Å². The molecule has 0 radical (unpaired) electrons. The maximum Gasteiger partial charge on any atom is 0.315 e. The lowest BCUT2D eigenvalue weighted by Gasteiger charge is -2.09. The molecule has 1 atom stereocenters. The van der Waals surface area contributed by atoms with Crippen LogP contribution in [0.2, 0.25) is 0 Å². The Morgan fingerprint density at radius 3 is 2.94 bits per heavy atom. The summed E-state index contributed by atoms with van der Waals surface area (Å²) in [6.45, 7) is 5.85. The minimum Gasteiger partial charge on any atom is -0.407 e. The first-order valence-corrected chi connectivity index (χ1v) is 7.44. The Kier molecular flexibility index (Phi) is 7.04. The third-order valence-corrected chi connectivity index (χ3v) is 2.94. The Balaban J connectivity index is 2.29. The van der Waals surface area contributed by atoms with Crippen molar-refractivity contribution in [2.45, 2.75) is 39.3 Å². The second-order valence-electron chi connectivity index (χ2n) is 4.00. The summed E-state index contributed by atoms with van der Waals surface area (Å²) >= 11 is 1.84. The average Bonchev–Trinajstić information content (AvgIpc) is 2.74. The summed E-state index contributed by atoms with van der Waals surface area (Å²) in [4.78, 5) is 0. The molecule has 2 N–H and O–H groups in total. The molecular weight excluding hydrogens is 236 g/mol. The SMILES string of the molecule is CCCNCc1nnc(NC(C)CCSC)o1. The minimum absolute atomic E-state index is 0.361. The van der Waals surface area contributed by atoms with Crippen molar-refractivity contribution in [3.63, 3.8) is 0 Å². The first-order chi connectivity index (χ1) is 8.26. The topological polar surface area (TPSA) is 63.0 Å². The van der Waals surface area contributed by atoms with Gasteiger partial charge in [0.25, 0.3) is 0 Å². The summed E-state index contributed by atoms with van der Waals surface area (Å²) in [5.41, 5.74) is 0. The molecule has 0 fully saturated rings. The van der Waals surface area contributed by atoms with E-state index in [4.69, 9.17) is 4.42 Å². The van der Waals surface area contributed by atoms with Gasteiger partial charge < -0.3 is 15.1 Å². The monoisotopic (exact) mass is 258 g/mol. The van der Waals surface area contributed by atoms with Gasteiger partial charge in [-0.05, 0) is 38.3 Å². The van der Waals surface area contributed by atoms with Crippen LogP contribution >= 0.6 is 11.8 Å². The van der Waals surface area contributed by atoms with Crippen molar-refractivity contribution in [3.8, 4) is 0 Å². The van der Waals surface area contributed by atoms with Crippen molar-refractivity contribution in [1.29, 1.82) is 0 Å². The van der Waals surface area contributed by atoms with Crippen molar-refractivity contribution in [2.75, 3.05) is 23.9 Å². The smallest absolute Gasteiger partial charge is 0.315 e. The van der Waals surface area contributed by atoms with Crippen LogP contribution in [0.5, 0.6) is 0 Å². The predicted octanol–water partition coefficient (Wildman–Crippen LogP) is 2.12. The molecule has 98 valence electrons. The highest BCUT2D eigenvalue weighted by Gasteiger charge is 2.08. The van der Waals surface area contributed by atoms with Crippen LogP contribution in [0.3, 0.4) is 0 Å². The molecule has 0 bridgehead atoms. The van der Waals surface area contributed by atoms with Crippen LogP contribution < -0.4 is 10.6 Å². The molecule has 1 aromatic heterocycles. The maximum atomic E-state index is 5.48. The summed E-state index contributed by atoms with van der Waals surface area (Å²) < 4.78 is 5.48. The zero-order valence-electron chi connectivity index (χ0n) is 10.8. The Morgan fingerprint density at radius 1 is 1.41 bits per heavy atom. The number of hydrogen-bond donors (Lipinski definition) is 2. The molecule has 5 nitrogen and oxygen atoms in total. The molecule has 1 heterocycles. The Labute approximate surface area is 107 Å². The molecule has 0 aliphatic carbocycles. The van der Waals surface area contributed by atoms with Gasteiger partial charge in [-0.2, -0.15) is 11.8 Å². The van der Waals surface area contributed by atoms with E-state index >= 15 is 0 Å². The van der Waals surface area contributed by atoms with Crippen LogP contribution in [0.15, 0.2) is 4.42 Å². The quantitative estimate of drug-likeness (QED) is 0.662. The van der Waals surface area contributed by atoms with Crippen molar-refractivity contribution >= 4 is 17.8 Å². The van der Waals surface area contributed by atoms with E-state index in [1.807, 2.05) is 11.8 Å². The molecular formula is C11H22N4OS. The van der Waals surface area contributed by atoms with Gasteiger partial charge in [-0.1, -0.05) is 12.0 Å². The highest BCUT2D eigenvalue weighted by Crippen LogP contribution is 2.09. The summed E-state index contributed by atoms with van der Waals surface area (Å²) in [5.74, 6) is 1.77. The molecule has 1 unspecified atom stereocenters. The van der Waals surface area contributed by atoms with Gasteiger partial charge in [-0.25, -0.2) is 0 Å². The summed E-state index contributed by atoms with van der Waals surface area (Å²) in [5, 5.41) is 14.4. The van der Waals surface area contributed by atoms with Gasteiger partial charge >= 0.3 is 6.01 Å². The molecule has 6 heteroatoms. The summed E-state index contributed by atoms with van der Waals surface area (Å²) in [6, 6.07) is 0.881. The number of anilines is 1. The van der Waals surface area contributed by atoms with Gasteiger partial charge in [-0.15, -0.1) is 5.10 Å². The first kappa shape index (κ1) is 14.3. The number of nitrogens with zero attached hydrogens (tertiary/aromatic N) is 2. The lowest BCUT2D eigenvalue weighted by Crippen LogP contribution is -2.16. The molecule has 0 amide bonds. The van der Waals surface area contributed by atoms with Crippen molar-refractivity contribution in [1.82, 2.24) is 15.5 Å². The number of nitrogens with one attached hydrogen (secondary N) is 2. The molecule has 0 aliphatic heterocycles. The van der Waals surface area contributed by atoms with E-state index in [9.17, 15) is 0 Å². The minimum atomic E-state index is 0.361. The first-order valence-electron chi connectivity index (χ1n) is 6.04. The number of thioether (sulfide) groups is 1. The zero-order chi connectivity index (χ0) is 12.5. The van der Waals surface area contributed by atoms with Gasteiger partial charge in [0.2, 0.25) is 5.89 Å². The average molecular weight is 258 g/mol. The largest absolute Gasteiger partial charge is 0.407 e. The summed E-state index contributed by atoms with van der Waals surface area (Å²) in [6.07, 6.45) is 4.30. The standard InChI is InChI=1S/C11H22N4OS/c1-4-6-12-8-10-14-15-11(16-10)13-9(2)5-7-17-3/h9,12H,4-8H2,1-3H3,(H,13,15). The van der Waals surface area contributed by atoms with Crippen LogP contribution in [0.25, 0.3) is 0 Å². The Morgan fingerprint density at radius 2 is 2.24 bits per heavy atom. The molecule has 17 heavy (non-hydrogen) atoms. The van der Waals surface area contributed by atoms with Gasteiger partial charge in [-0.3, -0.25) is 0 Å². The van der Waals surface area contributed by atoms with Crippen molar-refractivity contribution in [3.05, 3.63) is 5.89 Å². The lowest BCUT2D eigenvalue weighted by molar-refractivity contribution is 0.473. The fourth-order valence-electron chi connectivity index (χ4n) is 1.33. The van der Waals surface area contributed by atoms with E-state index in [-0.39, 0.29) is 0 Å². The second-order valence-corrected chi connectivity index (χ2v) is 4.99. The molecule has 0 saturated heterocycles. The number of aromatic nitrogens is 2. The molecule has 0 spiro atoms. The number of hydrogen-bond acceptors (Lipinski definition) is 6. The van der Waals surface area contributed by atoms with Crippen LogP contribution in [-0.2, 0) is 6.54 Å². The van der Waals surface area contributed by atoms with Crippen LogP contribution in [0.1, 0.15) is 32.6 Å². The Bertz CT molecular complexity index is 305. The number of rotatable bonds is 9. The third kappa shape index (κ3) is 5.93. The van der Waals surface area contributed by atoms with Crippen LogP contribution in [0, 0.1) is 0 Å². The van der Waals surface area contributed by atoms with Crippen molar-refractivity contribution in [2.24, 2.45) is 0 Å². The van der Waals surface area contributed by atoms with Crippen LogP contribution in [-0.4, -0.2) is 34.8 Å². The molecule has 0 aliphatic rings. The fourth-order valence-corrected chi connectivity index (χ4v) is 1.92. The summed E-state index contributed by atoms with van der Waals surface area (Å²) in [7, 11) is 0. The normalized spacial score (nSPS) is 12.6. The van der Waals surface area contributed by atoms with Gasteiger partial charge in [0.05, 0.1) is 6.54 Å². The van der Waals surface area contributed by atoms with E-state index in [1.54, 1.807) is 0 Å². The lowest BCUT2D eigenvalue weighted by atomic mass is 10.3.